The summed E-state index contributed by atoms with van der Waals surface area (Å²) in [5.74, 6) is 0.287. The minimum absolute atomic E-state index is 0.272. The highest BCUT2D eigenvalue weighted by Gasteiger charge is 2.34. The number of nitrogens with one attached hydrogen (secondary N) is 1. The van der Waals surface area contributed by atoms with Crippen molar-refractivity contribution in [2.24, 2.45) is 11.3 Å². The summed E-state index contributed by atoms with van der Waals surface area (Å²) in [4.78, 5) is 0. The molecule has 0 aliphatic carbocycles. The van der Waals surface area contributed by atoms with E-state index in [0.29, 0.717) is 0 Å². The number of rotatable bonds is 14. The zero-order valence-electron chi connectivity index (χ0n) is 20.2. The molecule has 30 heavy (non-hydrogen) atoms. The zero-order valence-corrected chi connectivity index (χ0v) is 20.2. The Morgan fingerprint density at radius 1 is 1.10 bits per heavy atom. The molecular formula is C26H46N2O2. The molecular weight excluding hydrogens is 372 g/mol. The predicted octanol–water partition coefficient (Wildman–Crippen LogP) is 5.73. The fourth-order valence-electron chi connectivity index (χ4n) is 3.21. The van der Waals surface area contributed by atoms with E-state index in [-0.39, 0.29) is 11.3 Å². The van der Waals surface area contributed by atoms with Crippen molar-refractivity contribution in [1.82, 2.24) is 5.32 Å². The van der Waals surface area contributed by atoms with Crippen LogP contribution >= 0.6 is 0 Å². The summed E-state index contributed by atoms with van der Waals surface area (Å²) in [5, 5.41) is 27.4. The quantitative estimate of drug-likeness (QED) is 0.191. The van der Waals surface area contributed by atoms with E-state index in [1.54, 1.807) is 0 Å². The number of aliphatic hydroxyl groups is 2. The van der Waals surface area contributed by atoms with Crippen LogP contribution in [0.1, 0.15) is 59.8 Å². The van der Waals surface area contributed by atoms with E-state index in [9.17, 15) is 5.26 Å². The zero-order chi connectivity index (χ0) is 23.7. The lowest BCUT2D eigenvalue weighted by molar-refractivity contribution is 0.248. The highest BCUT2D eigenvalue weighted by atomic mass is 16.2. The molecule has 0 bridgehead atoms. The summed E-state index contributed by atoms with van der Waals surface area (Å²) in [7, 11) is 2.00. The van der Waals surface area contributed by atoms with Gasteiger partial charge in [-0.25, -0.2) is 0 Å². The van der Waals surface area contributed by atoms with Crippen LogP contribution in [0.25, 0.3) is 0 Å². The number of nitriles is 1. The Morgan fingerprint density at radius 2 is 1.77 bits per heavy atom. The van der Waals surface area contributed by atoms with Gasteiger partial charge in [0.25, 0.3) is 0 Å². The van der Waals surface area contributed by atoms with Gasteiger partial charge in [-0.05, 0) is 77.5 Å². The molecule has 0 spiro atoms. The van der Waals surface area contributed by atoms with Crippen LogP contribution in [0.4, 0.5) is 0 Å². The maximum atomic E-state index is 9.91. The Kier molecular flexibility index (Phi) is 27.4. The molecule has 0 aromatic rings. The van der Waals surface area contributed by atoms with Crippen molar-refractivity contribution in [3.63, 3.8) is 0 Å². The van der Waals surface area contributed by atoms with Crippen molar-refractivity contribution in [3.05, 3.63) is 60.8 Å². The summed E-state index contributed by atoms with van der Waals surface area (Å²) in [6, 6.07) is 2.66. The fraction of sp³-hybridized carbons (Fsp3) is 0.577. The Labute approximate surface area is 186 Å². The second kappa shape index (κ2) is 25.1. The molecule has 0 saturated heterocycles. The van der Waals surface area contributed by atoms with Crippen LogP contribution in [0, 0.1) is 22.7 Å². The van der Waals surface area contributed by atoms with Crippen LogP contribution in [0.5, 0.6) is 0 Å². The van der Waals surface area contributed by atoms with Crippen LogP contribution < -0.4 is 5.32 Å². The van der Waals surface area contributed by atoms with E-state index in [2.05, 4.69) is 55.3 Å². The van der Waals surface area contributed by atoms with Crippen LogP contribution in [0.3, 0.4) is 0 Å². The molecule has 0 rings (SSSR count). The van der Waals surface area contributed by atoms with Crippen molar-refractivity contribution in [3.8, 4) is 6.07 Å². The molecule has 0 aliphatic heterocycles. The van der Waals surface area contributed by atoms with Crippen LogP contribution in [-0.4, -0.2) is 37.5 Å². The van der Waals surface area contributed by atoms with Crippen molar-refractivity contribution in [2.75, 3.05) is 27.3 Å². The minimum Gasteiger partial charge on any atom is -0.400 e. The molecule has 4 nitrogen and oxygen atoms in total. The molecule has 2 atom stereocenters. The first kappa shape index (κ1) is 32.7. The van der Waals surface area contributed by atoms with E-state index in [1.807, 2.05) is 39.0 Å². The average Bonchev–Trinajstić information content (AvgIpc) is 2.81. The van der Waals surface area contributed by atoms with E-state index in [4.69, 9.17) is 10.2 Å². The summed E-state index contributed by atoms with van der Waals surface area (Å²) in [5.41, 5.74) is 0.973. The first-order chi connectivity index (χ1) is 14.6. The van der Waals surface area contributed by atoms with Gasteiger partial charge in [0.05, 0.1) is 11.5 Å². The molecule has 0 aliphatic rings. The molecule has 3 N–H and O–H groups in total. The van der Waals surface area contributed by atoms with E-state index in [0.717, 1.165) is 59.4 Å². The molecule has 0 aromatic carbocycles. The molecule has 0 aromatic heterocycles. The Hall–Kier alpha value is -1.93. The number of nitrogens with zero attached hydrogens (tertiary/aromatic N) is 1. The Balaban J connectivity index is -0.00000171. The summed E-state index contributed by atoms with van der Waals surface area (Å²) >= 11 is 0. The van der Waals surface area contributed by atoms with Gasteiger partial charge in [0.15, 0.2) is 0 Å². The van der Waals surface area contributed by atoms with Crippen molar-refractivity contribution in [1.29, 1.82) is 5.26 Å². The van der Waals surface area contributed by atoms with Gasteiger partial charge in [-0.3, -0.25) is 0 Å². The molecule has 0 fully saturated rings. The SMILES string of the molecule is C=C/C(=C\C=C\C)CCNCCCC(C#N)(CC)C(/C=C/C)C/C=C/C.CO.CO. The van der Waals surface area contributed by atoms with Gasteiger partial charge < -0.3 is 15.5 Å². The third kappa shape index (κ3) is 15.0. The maximum Gasteiger partial charge on any atom is 0.0695 e. The van der Waals surface area contributed by atoms with Crippen LogP contribution in [0.15, 0.2) is 60.8 Å². The van der Waals surface area contributed by atoms with Gasteiger partial charge >= 0.3 is 0 Å². The molecule has 4 heteroatoms. The van der Waals surface area contributed by atoms with Gasteiger partial charge in [-0.15, -0.1) is 0 Å². The van der Waals surface area contributed by atoms with Gasteiger partial charge in [-0.1, -0.05) is 62.1 Å². The molecule has 0 heterocycles. The van der Waals surface area contributed by atoms with E-state index in [1.165, 1.54) is 5.57 Å². The topological polar surface area (TPSA) is 76.3 Å². The van der Waals surface area contributed by atoms with Crippen molar-refractivity contribution < 1.29 is 10.2 Å². The normalized spacial score (nSPS) is 14.4. The third-order valence-corrected chi connectivity index (χ3v) is 4.95. The molecule has 2 unspecified atom stereocenters. The number of aliphatic hydroxyl groups excluding tert-OH is 2. The number of allylic oxidation sites excluding steroid dienone is 8. The lowest BCUT2D eigenvalue weighted by Crippen LogP contribution is -2.29. The fourth-order valence-corrected chi connectivity index (χ4v) is 3.21. The van der Waals surface area contributed by atoms with Gasteiger partial charge in [0.2, 0.25) is 0 Å². The summed E-state index contributed by atoms with van der Waals surface area (Å²) in [6.07, 6.45) is 21.4. The van der Waals surface area contributed by atoms with Gasteiger partial charge in [0, 0.05) is 14.2 Å². The minimum atomic E-state index is -0.272. The molecule has 0 radical (unpaired) electrons. The first-order valence-electron chi connectivity index (χ1n) is 10.8. The predicted molar refractivity (Wildman–Crippen MR) is 132 cm³/mol. The van der Waals surface area contributed by atoms with Crippen molar-refractivity contribution in [2.45, 2.75) is 59.8 Å². The Morgan fingerprint density at radius 3 is 2.23 bits per heavy atom. The number of hydrogen-bond donors (Lipinski definition) is 3. The molecule has 172 valence electrons. The lowest BCUT2D eigenvalue weighted by Gasteiger charge is -2.32. The third-order valence-electron chi connectivity index (χ3n) is 4.95. The largest absolute Gasteiger partial charge is 0.400 e. The van der Waals surface area contributed by atoms with E-state index < -0.39 is 0 Å². The summed E-state index contributed by atoms with van der Waals surface area (Å²) < 4.78 is 0. The monoisotopic (exact) mass is 418 g/mol. The average molecular weight is 419 g/mol. The highest BCUT2D eigenvalue weighted by Crippen LogP contribution is 2.39. The Bertz CT molecular complexity index is 542. The molecule has 0 amide bonds. The van der Waals surface area contributed by atoms with Crippen molar-refractivity contribution >= 4 is 0 Å². The van der Waals surface area contributed by atoms with E-state index >= 15 is 0 Å². The number of hydrogen-bond acceptors (Lipinski definition) is 4. The smallest absolute Gasteiger partial charge is 0.0695 e. The van der Waals surface area contributed by atoms with Crippen LogP contribution in [0.2, 0.25) is 0 Å². The van der Waals surface area contributed by atoms with Gasteiger partial charge in [-0.2, -0.15) is 5.26 Å². The first-order valence-corrected chi connectivity index (χ1v) is 10.8. The highest BCUT2D eigenvalue weighted by molar-refractivity contribution is 5.21. The maximum absolute atomic E-state index is 9.91. The second-order valence-corrected chi connectivity index (χ2v) is 6.63. The molecule has 0 saturated carbocycles. The van der Waals surface area contributed by atoms with Gasteiger partial charge in [0.1, 0.15) is 0 Å². The summed E-state index contributed by atoms with van der Waals surface area (Å²) in [6.45, 7) is 14.0. The lowest BCUT2D eigenvalue weighted by atomic mass is 9.69. The second-order valence-electron chi connectivity index (χ2n) is 6.63. The van der Waals surface area contributed by atoms with Crippen LogP contribution in [-0.2, 0) is 0 Å². The standard InChI is InChI=1S/C24H38N2.2CH4O/c1-6-11-15-22(9-4)17-20-26-19-13-18-24(10-5,21-25)23(14-8-3)16-12-7-2;2*1-2/h6-9,11-12,14-15,23,26H,4,10,13,16-20H2,1-3,5H3;2*2H,1H3/b11-6+,12-7+,14-8+,22-15+;;.